The van der Waals surface area contributed by atoms with Crippen LogP contribution in [0.15, 0.2) is 133 Å². The first-order valence-electron chi connectivity index (χ1n) is 16.9. The van der Waals surface area contributed by atoms with Crippen LogP contribution in [0.25, 0.3) is 77.0 Å². The van der Waals surface area contributed by atoms with Crippen molar-refractivity contribution in [3.63, 3.8) is 0 Å². The van der Waals surface area contributed by atoms with Crippen LogP contribution in [0.3, 0.4) is 0 Å². The molecule has 0 radical (unpaired) electrons. The SMILES string of the molecule is CC(C)(C)c1ccc2ccc3ccc(-c4ccc(-c5ccc(-c6ccc7ccc8ccc(C(C)(C)C)cc8c7n6)cc5)cc4)nc3c2c1. The minimum Gasteiger partial charge on any atom is -0.247 e. The molecule has 0 aliphatic heterocycles. The number of hydrogen-bond donors (Lipinski definition) is 0. The first-order chi connectivity index (χ1) is 23.0. The third-order valence-corrected chi connectivity index (χ3v) is 9.78. The fraction of sp³-hybridized carbons (Fsp3) is 0.174. The minimum absolute atomic E-state index is 0.0827. The van der Waals surface area contributed by atoms with Crippen molar-refractivity contribution in [2.45, 2.75) is 52.4 Å². The minimum atomic E-state index is 0.0827. The Kier molecular flexibility index (Phi) is 6.96. The molecule has 0 bridgehead atoms. The number of hydrogen-bond acceptors (Lipinski definition) is 2. The molecule has 0 aliphatic carbocycles. The standard InChI is InChI=1S/C46H40N2/c1-45(2,3)37-23-19-31-11-17-35-21-25-41(47-43(35)39(31)27-37)33-13-7-29(8-14-33)30-9-15-34(16-10-30)42-26-22-36-18-12-32-20-24-38(46(4,5)6)28-40(32)44(36)48-42/h7-28H,1-6H3. The smallest absolute Gasteiger partial charge is 0.0787 e. The van der Waals surface area contributed by atoms with E-state index in [9.17, 15) is 0 Å². The third kappa shape index (κ3) is 5.42. The van der Waals surface area contributed by atoms with Gasteiger partial charge in [-0.1, -0.05) is 151 Å². The first-order valence-corrected chi connectivity index (χ1v) is 16.9. The van der Waals surface area contributed by atoms with E-state index in [0.29, 0.717) is 0 Å². The van der Waals surface area contributed by atoms with Crippen molar-refractivity contribution in [3.05, 3.63) is 145 Å². The lowest BCUT2D eigenvalue weighted by molar-refractivity contribution is 0.591. The highest BCUT2D eigenvalue weighted by atomic mass is 14.7. The van der Waals surface area contributed by atoms with Crippen molar-refractivity contribution in [3.8, 4) is 33.6 Å². The molecule has 0 spiro atoms. The van der Waals surface area contributed by atoms with Crippen LogP contribution in [0.4, 0.5) is 0 Å². The van der Waals surface area contributed by atoms with Gasteiger partial charge in [-0.05, 0) is 68.1 Å². The Bertz CT molecular complexity index is 2310. The highest BCUT2D eigenvalue weighted by Gasteiger charge is 2.17. The third-order valence-electron chi connectivity index (χ3n) is 9.78. The van der Waals surface area contributed by atoms with Crippen molar-refractivity contribution in [2.24, 2.45) is 0 Å². The lowest BCUT2D eigenvalue weighted by Gasteiger charge is -2.20. The molecule has 2 nitrogen and oxygen atoms in total. The number of nitrogens with zero attached hydrogens (tertiary/aromatic N) is 2. The summed E-state index contributed by atoms with van der Waals surface area (Å²) in [7, 11) is 0. The summed E-state index contributed by atoms with van der Waals surface area (Å²) < 4.78 is 0. The fourth-order valence-electron chi connectivity index (χ4n) is 6.73. The number of rotatable bonds is 3. The van der Waals surface area contributed by atoms with Gasteiger partial charge in [-0.25, -0.2) is 9.97 Å². The first kappa shape index (κ1) is 30.0. The van der Waals surface area contributed by atoms with E-state index in [1.165, 1.54) is 43.8 Å². The maximum absolute atomic E-state index is 5.19. The van der Waals surface area contributed by atoms with E-state index in [1.807, 2.05) is 0 Å². The van der Waals surface area contributed by atoms with Gasteiger partial charge in [0.2, 0.25) is 0 Å². The molecule has 0 saturated carbocycles. The highest BCUT2D eigenvalue weighted by Crippen LogP contribution is 2.34. The molecule has 6 aromatic carbocycles. The Labute approximate surface area is 283 Å². The molecule has 0 unspecified atom stereocenters. The van der Waals surface area contributed by atoms with Crippen LogP contribution in [-0.2, 0) is 10.8 Å². The van der Waals surface area contributed by atoms with Crippen LogP contribution in [0.2, 0.25) is 0 Å². The molecule has 2 heterocycles. The number of aromatic nitrogens is 2. The number of benzene rings is 6. The molecule has 234 valence electrons. The van der Waals surface area contributed by atoms with Gasteiger partial charge in [0.15, 0.2) is 0 Å². The summed E-state index contributed by atoms with van der Waals surface area (Å²) in [6.07, 6.45) is 0. The van der Waals surface area contributed by atoms with E-state index < -0.39 is 0 Å². The quantitative estimate of drug-likeness (QED) is 0.184. The lowest BCUT2D eigenvalue weighted by atomic mass is 9.85. The molecular weight excluding hydrogens is 581 g/mol. The summed E-state index contributed by atoms with van der Waals surface area (Å²) in [5.41, 5.74) is 11.5. The maximum Gasteiger partial charge on any atom is 0.0787 e. The molecule has 0 saturated heterocycles. The molecule has 0 fully saturated rings. The van der Waals surface area contributed by atoms with Crippen LogP contribution in [-0.4, -0.2) is 9.97 Å². The Balaban J connectivity index is 1.10. The van der Waals surface area contributed by atoms with Gasteiger partial charge in [-0.15, -0.1) is 0 Å². The fourth-order valence-corrected chi connectivity index (χ4v) is 6.73. The summed E-state index contributed by atoms with van der Waals surface area (Å²) in [6.45, 7) is 13.6. The topological polar surface area (TPSA) is 25.8 Å². The predicted octanol–water partition coefficient (Wildman–Crippen LogP) is 12.7. The van der Waals surface area contributed by atoms with E-state index in [1.54, 1.807) is 0 Å². The van der Waals surface area contributed by atoms with Gasteiger partial charge in [0.25, 0.3) is 0 Å². The molecule has 2 aromatic heterocycles. The molecule has 0 aliphatic rings. The number of fused-ring (bicyclic) bond motifs is 6. The van der Waals surface area contributed by atoms with Crippen LogP contribution < -0.4 is 0 Å². The van der Waals surface area contributed by atoms with E-state index in [2.05, 4.69) is 175 Å². The molecule has 0 N–H and O–H groups in total. The van der Waals surface area contributed by atoms with Crippen LogP contribution in [0, 0.1) is 0 Å². The van der Waals surface area contributed by atoms with Crippen molar-refractivity contribution < 1.29 is 0 Å². The average molecular weight is 621 g/mol. The van der Waals surface area contributed by atoms with Gasteiger partial charge in [0, 0.05) is 32.7 Å². The zero-order chi connectivity index (χ0) is 33.2. The monoisotopic (exact) mass is 620 g/mol. The zero-order valence-electron chi connectivity index (χ0n) is 28.6. The Morgan fingerprint density at radius 3 is 1.02 bits per heavy atom. The summed E-state index contributed by atoms with van der Waals surface area (Å²) in [6, 6.07) is 48.5. The Morgan fingerprint density at radius 1 is 0.333 bits per heavy atom. The molecule has 2 heteroatoms. The molecule has 0 atom stereocenters. The van der Waals surface area contributed by atoms with E-state index in [-0.39, 0.29) is 10.8 Å². The van der Waals surface area contributed by atoms with Gasteiger partial charge in [-0.3, -0.25) is 0 Å². The van der Waals surface area contributed by atoms with Crippen LogP contribution in [0.5, 0.6) is 0 Å². The summed E-state index contributed by atoms with van der Waals surface area (Å²) >= 11 is 0. The summed E-state index contributed by atoms with van der Waals surface area (Å²) in [4.78, 5) is 10.4. The van der Waals surface area contributed by atoms with E-state index in [4.69, 9.17) is 9.97 Å². The Hall–Kier alpha value is -5.34. The second-order valence-electron chi connectivity index (χ2n) is 15.2. The molecule has 8 rings (SSSR count). The van der Waals surface area contributed by atoms with E-state index in [0.717, 1.165) is 44.3 Å². The summed E-state index contributed by atoms with van der Waals surface area (Å²) in [5, 5.41) is 7.20. The van der Waals surface area contributed by atoms with Gasteiger partial charge in [-0.2, -0.15) is 0 Å². The molecular formula is C46H40N2. The largest absolute Gasteiger partial charge is 0.247 e. The van der Waals surface area contributed by atoms with Gasteiger partial charge >= 0.3 is 0 Å². The zero-order valence-corrected chi connectivity index (χ0v) is 28.6. The van der Waals surface area contributed by atoms with Crippen molar-refractivity contribution in [2.75, 3.05) is 0 Å². The van der Waals surface area contributed by atoms with Crippen LogP contribution >= 0.6 is 0 Å². The number of pyridine rings is 2. The normalized spacial score (nSPS) is 12.4. The van der Waals surface area contributed by atoms with Gasteiger partial charge in [0.05, 0.1) is 22.4 Å². The van der Waals surface area contributed by atoms with Gasteiger partial charge in [0.1, 0.15) is 0 Å². The average Bonchev–Trinajstić information content (AvgIpc) is 3.10. The maximum atomic E-state index is 5.19. The summed E-state index contributed by atoms with van der Waals surface area (Å²) in [5.74, 6) is 0. The molecule has 8 aromatic rings. The van der Waals surface area contributed by atoms with Crippen molar-refractivity contribution >= 4 is 43.4 Å². The van der Waals surface area contributed by atoms with Gasteiger partial charge < -0.3 is 0 Å². The van der Waals surface area contributed by atoms with Crippen LogP contribution in [0.1, 0.15) is 52.7 Å². The second kappa shape index (κ2) is 11.1. The molecule has 0 amide bonds. The second-order valence-corrected chi connectivity index (χ2v) is 15.2. The predicted molar refractivity (Wildman–Crippen MR) is 206 cm³/mol. The van der Waals surface area contributed by atoms with Crippen molar-refractivity contribution in [1.29, 1.82) is 0 Å². The lowest BCUT2D eigenvalue weighted by Crippen LogP contribution is -2.10. The molecule has 48 heavy (non-hydrogen) atoms. The highest BCUT2D eigenvalue weighted by molar-refractivity contribution is 6.07. The van der Waals surface area contributed by atoms with Crippen molar-refractivity contribution in [1.82, 2.24) is 9.97 Å². The Morgan fingerprint density at radius 2 is 0.646 bits per heavy atom. The van der Waals surface area contributed by atoms with E-state index >= 15 is 0 Å².